The number of rotatable bonds is 9. The lowest BCUT2D eigenvalue weighted by atomic mass is 10.0. The third kappa shape index (κ3) is 6.42. The quantitative estimate of drug-likeness (QED) is 0.155. The van der Waals surface area contributed by atoms with E-state index in [4.69, 9.17) is 21.1 Å². The molecule has 0 radical (unpaired) electrons. The zero-order valence-corrected chi connectivity index (χ0v) is 23.0. The molecule has 0 bridgehead atoms. The van der Waals surface area contributed by atoms with Crippen LogP contribution in [-0.2, 0) is 16.1 Å². The third-order valence-corrected chi connectivity index (χ3v) is 6.66. The second kappa shape index (κ2) is 11.6. The number of halogens is 4. The smallest absolute Gasteiger partial charge is 0.478 e. The summed E-state index contributed by atoms with van der Waals surface area (Å²) in [5.74, 6) is -0.929. The third-order valence-electron chi connectivity index (χ3n) is 6.40. The Labute approximate surface area is 234 Å². The van der Waals surface area contributed by atoms with Crippen molar-refractivity contribution in [3.63, 3.8) is 0 Å². The molecule has 40 heavy (non-hydrogen) atoms. The van der Waals surface area contributed by atoms with E-state index < -0.39 is 24.2 Å². The lowest BCUT2D eigenvalue weighted by Crippen LogP contribution is -2.33. The summed E-state index contributed by atoms with van der Waals surface area (Å²) in [5, 5.41) is 0.948. The molecule has 0 aliphatic rings. The molecule has 0 aliphatic carbocycles. The highest BCUT2D eigenvalue weighted by Crippen LogP contribution is 2.34. The molecule has 0 unspecified atom stereocenters. The van der Waals surface area contributed by atoms with E-state index in [1.165, 1.54) is 25.3 Å². The zero-order chi connectivity index (χ0) is 29.2. The first-order valence-electron chi connectivity index (χ1n) is 12.4. The maximum Gasteiger partial charge on any atom is 0.573 e. The van der Waals surface area contributed by atoms with Gasteiger partial charge in [-0.2, -0.15) is 0 Å². The Bertz CT molecular complexity index is 1540. The summed E-state index contributed by atoms with van der Waals surface area (Å²) >= 11 is 5.98. The molecular formula is C30H27ClF3NO5. The highest BCUT2D eigenvalue weighted by molar-refractivity contribution is 6.30. The standard InChI is InChI=1S/C30H27ClF3NO5/c1-17(2)28(29(37)38-4)39-22-7-5-6-19(14-22)16-35-18(3)26(27(36)20-8-10-21(31)11-9-20)24-13-12-23(15-25(24)35)40-30(32,33)34/h5-15,17,28H,16H2,1-4H3/t28-/m1/s1. The summed E-state index contributed by atoms with van der Waals surface area (Å²) in [4.78, 5) is 25.7. The van der Waals surface area contributed by atoms with Crippen molar-refractivity contribution in [3.05, 3.63) is 94.1 Å². The first kappa shape index (κ1) is 29.0. The Kier molecular flexibility index (Phi) is 8.44. The van der Waals surface area contributed by atoms with E-state index in [1.54, 1.807) is 54.0 Å². The average Bonchev–Trinajstić information content (AvgIpc) is 3.16. The number of hydrogen-bond donors (Lipinski definition) is 0. The predicted molar refractivity (Wildman–Crippen MR) is 145 cm³/mol. The van der Waals surface area contributed by atoms with E-state index >= 15 is 0 Å². The molecule has 1 aromatic heterocycles. The number of nitrogens with zero attached hydrogens (tertiary/aromatic N) is 1. The highest BCUT2D eigenvalue weighted by atomic mass is 35.5. The maximum atomic E-state index is 13.6. The van der Waals surface area contributed by atoms with Crippen LogP contribution in [0.3, 0.4) is 0 Å². The van der Waals surface area contributed by atoms with Gasteiger partial charge >= 0.3 is 12.3 Å². The van der Waals surface area contributed by atoms with Crippen LogP contribution in [0.5, 0.6) is 11.5 Å². The van der Waals surface area contributed by atoms with Gasteiger partial charge in [-0.05, 0) is 61.0 Å². The summed E-state index contributed by atoms with van der Waals surface area (Å²) in [6.45, 7) is 5.61. The second-order valence-corrected chi connectivity index (χ2v) is 10.00. The van der Waals surface area contributed by atoms with Crippen molar-refractivity contribution in [2.75, 3.05) is 7.11 Å². The van der Waals surface area contributed by atoms with Gasteiger partial charge in [0.25, 0.3) is 0 Å². The van der Waals surface area contributed by atoms with Gasteiger partial charge in [0.1, 0.15) is 11.5 Å². The second-order valence-electron chi connectivity index (χ2n) is 9.56. The molecule has 0 fully saturated rings. The first-order chi connectivity index (χ1) is 18.9. The highest BCUT2D eigenvalue weighted by Gasteiger charge is 2.32. The van der Waals surface area contributed by atoms with Crippen LogP contribution in [-0.4, -0.2) is 35.9 Å². The summed E-state index contributed by atoms with van der Waals surface area (Å²) < 4.78 is 55.7. The van der Waals surface area contributed by atoms with Gasteiger partial charge < -0.3 is 18.8 Å². The van der Waals surface area contributed by atoms with Gasteiger partial charge in [0.2, 0.25) is 0 Å². The van der Waals surface area contributed by atoms with Crippen molar-refractivity contribution >= 4 is 34.3 Å². The van der Waals surface area contributed by atoms with Gasteiger partial charge in [0, 0.05) is 40.2 Å². The van der Waals surface area contributed by atoms with Crippen LogP contribution in [0.1, 0.15) is 41.0 Å². The van der Waals surface area contributed by atoms with Gasteiger partial charge in [-0.15, -0.1) is 13.2 Å². The number of carbonyl (C=O) groups is 2. The largest absolute Gasteiger partial charge is 0.573 e. The van der Waals surface area contributed by atoms with Crippen molar-refractivity contribution in [2.24, 2.45) is 5.92 Å². The fraction of sp³-hybridized carbons (Fsp3) is 0.267. The molecule has 0 spiro atoms. The minimum absolute atomic E-state index is 0.153. The van der Waals surface area contributed by atoms with Crippen molar-refractivity contribution in [1.82, 2.24) is 4.57 Å². The topological polar surface area (TPSA) is 66.8 Å². The van der Waals surface area contributed by atoms with Gasteiger partial charge in [-0.3, -0.25) is 4.79 Å². The van der Waals surface area contributed by atoms with Crippen LogP contribution in [0, 0.1) is 12.8 Å². The van der Waals surface area contributed by atoms with Gasteiger partial charge in [-0.1, -0.05) is 37.6 Å². The van der Waals surface area contributed by atoms with Crippen molar-refractivity contribution in [1.29, 1.82) is 0 Å². The normalized spacial score (nSPS) is 12.4. The van der Waals surface area contributed by atoms with E-state index in [-0.39, 0.29) is 18.2 Å². The molecular weight excluding hydrogens is 547 g/mol. The Morgan fingerprint density at radius 1 is 0.975 bits per heavy atom. The van der Waals surface area contributed by atoms with E-state index in [2.05, 4.69) is 4.74 Å². The number of fused-ring (bicyclic) bond motifs is 1. The molecule has 0 saturated heterocycles. The number of methoxy groups -OCH3 is 1. The summed E-state index contributed by atoms with van der Waals surface area (Å²) in [7, 11) is 1.29. The summed E-state index contributed by atoms with van der Waals surface area (Å²) in [6, 6.07) is 17.3. The summed E-state index contributed by atoms with van der Waals surface area (Å²) in [6.07, 6.45) is -5.69. The van der Waals surface area contributed by atoms with E-state index in [9.17, 15) is 22.8 Å². The van der Waals surface area contributed by atoms with E-state index in [1.807, 2.05) is 19.9 Å². The molecule has 1 atom stereocenters. The average molecular weight is 574 g/mol. The fourth-order valence-corrected chi connectivity index (χ4v) is 4.63. The maximum absolute atomic E-state index is 13.6. The Morgan fingerprint density at radius 3 is 2.30 bits per heavy atom. The van der Waals surface area contributed by atoms with Crippen LogP contribution in [0.25, 0.3) is 10.9 Å². The van der Waals surface area contributed by atoms with Crippen LogP contribution in [0.4, 0.5) is 13.2 Å². The number of benzene rings is 3. The van der Waals surface area contributed by atoms with Crippen molar-refractivity contribution in [3.8, 4) is 11.5 Å². The van der Waals surface area contributed by atoms with Crippen LogP contribution in [0.2, 0.25) is 5.02 Å². The monoisotopic (exact) mass is 573 g/mol. The van der Waals surface area contributed by atoms with E-state index in [0.717, 1.165) is 5.56 Å². The number of aromatic nitrogens is 1. The molecule has 10 heteroatoms. The molecule has 210 valence electrons. The number of alkyl halides is 3. The number of esters is 1. The molecule has 4 rings (SSSR count). The van der Waals surface area contributed by atoms with Crippen LogP contribution < -0.4 is 9.47 Å². The molecule has 0 amide bonds. The number of ketones is 1. The van der Waals surface area contributed by atoms with E-state index in [0.29, 0.717) is 38.5 Å². The Morgan fingerprint density at radius 2 is 1.68 bits per heavy atom. The summed E-state index contributed by atoms with van der Waals surface area (Å²) in [5.41, 5.74) is 2.42. The fourth-order valence-electron chi connectivity index (χ4n) is 4.51. The molecule has 3 aromatic carbocycles. The minimum atomic E-state index is -4.87. The van der Waals surface area contributed by atoms with Crippen LogP contribution >= 0.6 is 11.6 Å². The Hall–Kier alpha value is -3.98. The molecule has 0 aliphatic heterocycles. The Balaban J connectivity index is 1.78. The van der Waals surface area contributed by atoms with Crippen molar-refractivity contribution < 1.29 is 37.0 Å². The van der Waals surface area contributed by atoms with Gasteiger partial charge in [0.05, 0.1) is 18.2 Å². The molecule has 1 heterocycles. The predicted octanol–water partition coefficient (Wildman–Crippen LogP) is 7.36. The minimum Gasteiger partial charge on any atom is -0.478 e. The number of ether oxygens (including phenoxy) is 3. The van der Waals surface area contributed by atoms with Crippen LogP contribution in [0.15, 0.2) is 66.7 Å². The van der Waals surface area contributed by atoms with Crippen molar-refractivity contribution in [2.45, 2.75) is 39.8 Å². The number of hydrogen-bond acceptors (Lipinski definition) is 5. The van der Waals surface area contributed by atoms with Gasteiger partial charge in [0.15, 0.2) is 11.9 Å². The molecule has 4 aromatic rings. The first-order valence-corrected chi connectivity index (χ1v) is 12.8. The SMILES string of the molecule is COC(=O)[C@H](Oc1cccc(Cn2c(C)c(C(=O)c3ccc(Cl)cc3)c3ccc(OC(F)(F)F)cc32)c1)C(C)C. The lowest BCUT2D eigenvalue weighted by Gasteiger charge is -2.20. The van der Waals surface area contributed by atoms with Gasteiger partial charge in [-0.25, -0.2) is 4.79 Å². The molecule has 0 N–H and O–H groups in total. The molecule has 6 nitrogen and oxygen atoms in total. The molecule has 0 saturated carbocycles. The number of carbonyl (C=O) groups excluding carboxylic acids is 2. The zero-order valence-electron chi connectivity index (χ0n) is 22.2. The lowest BCUT2D eigenvalue weighted by molar-refractivity contribution is -0.274.